The quantitative estimate of drug-likeness (QED) is 0.650. The van der Waals surface area contributed by atoms with Gasteiger partial charge in [-0.15, -0.1) is 0 Å². The first-order chi connectivity index (χ1) is 7.11. The first-order valence-corrected chi connectivity index (χ1v) is 4.99. The van der Waals surface area contributed by atoms with Gasteiger partial charge in [-0.05, 0) is 37.1 Å². The minimum Gasteiger partial charge on any atom is -0.329 e. The van der Waals surface area contributed by atoms with Crippen molar-refractivity contribution < 1.29 is 4.79 Å². The lowest BCUT2D eigenvalue weighted by Crippen LogP contribution is -2.22. The lowest BCUT2D eigenvalue weighted by atomic mass is 10.1. The van der Waals surface area contributed by atoms with Gasteiger partial charge in [-0.25, -0.2) is 0 Å². The zero-order valence-corrected chi connectivity index (χ0v) is 9.08. The second kappa shape index (κ2) is 3.50. The van der Waals surface area contributed by atoms with Crippen molar-refractivity contribution in [2.75, 3.05) is 0 Å². The summed E-state index contributed by atoms with van der Waals surface area (Å²) in [6, 6.07) is 2.06. The monoisotopic (exact) mass is 202 g/mol. The summed E-state index contributed by atoms with van der Waals surface area (Å²) in [4.78, 5) is 17.7. The van der Waals surface area contributed by atoms with Crippen LogP contribution in [0.2, 0.25) is 0 Å². The van der Waals surface area contributed by atoms with Crippen LogP contribution in [-0.4, -0.2) is 15.8 Å². The highest BCUT2D eigenvalue weighted by Gasteiger charge is 2.24. The Morgan fingerprint density at radius 1 is 1.53 bits per heavy atom. The molecule has 0 saturated carbocycles. The van der Waals surface area contributed by atoms with E-state index in [4.69, 9.17) is 0 Å². The highest BCUT2D eigenvalue weighted by molar-refractivity contribution is 5.87. The normalized spacial score (nSPS) is 13.9. The van der Waals surface area contributed by atoms with Crippen LogP contribution in [0.15, 0.2) is 18.7 Å². The average molecular weight is 202 g/mol. The Bertz CT molecular complexity index is 437. The Balaban J connectivity index is 2.35. The number of nitrogens with zero attached hydrogens (tertiary/aromatic N) is 2. The molecule has 1 amide bonds. The van der Waals surface area contributed by atoms with E-state index in [1.165, 1.54) is 17.2 Å². The molecular formula is C12H14N2O. The van der Waals surface area contributed by atoms with E-state index in [0.717, 1.165) is 11.4 Å². The van der Waals surface area contributed by atoms with Crippen molar-refractivity contribution in [2.24, 2.45) is 0 Å². The number of pyridine rings is 1. The predicted octanol–water partition coefficient (Wildman–Crippen LogP) is 1.73. The number of rotatable bonds is 1. The number of carbonyl (C=O) groups excluding carboxylic acids is 1. The third-order valence-electron chi connectivity index (χ3n) is 2.74. The largest absolute Gasteiger partial charge is 0.329 e. The van der Waals surface area contributed by atoms with Crippen LogP contribution in [0, 0.1) is 13.8 Å². The molecule has 1 aromatic rings. The number of hydrogen-bond donors (Lipinski definition) is 0. The van der Waals surface area contributed by atoms with Crippen LogP contribution in [0.1, 0.15) is 22.5 Å². The van der Waals surface area contributed by atoms with Gasteiger partial charge in [0.25, 0.3) is 0 Å². The van der Waals surface area contributed by atoms with Crippen molar-refractivity contribution in [2.45, 2.75) is 26.9 Å². The molecule has 1 aliphatic heterocycles. The minimum atomic E-state index is -0.0231. The van der Waals surface area contributed by atoms with E-state index in [1.807, 2.05) is 6.92 Å². The number of hydrogen-bond acceptors (Lipinski definition) is 2. The van der Waals surface area contributed by atoms with Crippen molar-refractivity contribution >= 4 is 5.91 Å². The molecule has 0 spiro atoms. The lowest BCUT2D eigenvalue weighted by Gasteiger charge is -2.11. The standard InChI is InChI=1S/C12H14N2O/c1-4-12(15)14-6-10-8(2)5-9(3)13-11(10)7-14/h4-5H,1,6-7H2,2-3H3. The Morgan fingerprint density at radius 2 is 2.27 bits per heavy atom. The highest BCUT2D eigenvalue weighted by Crippen LogP contribution is 2.24. The van der Waals surface area contributed by atoms with Crippen molar-refractivity contribution in [3.8, 4) is 0 Å². The van der Waals surface area contributed by atoms with E-state index < -0.39 is 0 Å². The van der Waals surface area contributed by atoms with Crippen LogP contribution in [0.5, 0.6) is 0 Å². The third-order valence-corrected chi connectivity index (χ3v) is 2.74. The van der Waals surface area contributed by atoms with E-state index in [1.54, 1.807) is 4.90 Å². The van der Waals surface area contributed by atoms with E-state index >= 15 is 0 Å². The Labute approximate surface area is 89.4 Å². The molecule has 3 nitrogen and oxygen atoms in total. The number of fused-ring (bicyclic) bond motifs is 1. The van der Waals surface area contributed by atoms with Gasteiger partial charge in [0.15, 0.2) is 0 Å². The van der Waals surface area contributed by atoms with Gasteiger partial charge in [0.1, 0.15) is 0 Å². The molecule has 15 heavy (non-hydrogen) atoms. The molecule has 0 fully saturated rings. The smallest absolute Gasteiger partial charge is 0.246 e. The number of amides is 1. The molecule has 0 N–H and O–H groups in total. The van der Waals surface area contributed by atoms with E-state index in [0.29, 0.717) is 13.1 Å². The fraction of sp³-hybridized carbons (Fsp3) is 0.333. The summed E-state index contributed by atoms with van der Waals surface area (Å²) in [6.45, 7) is 8.82. The Kier molecular flexibility index (Phi) is 2.31. The molecule has 0 radical (unpaired) electrons. The molecular weight excluding hydrogens is 188 g/mol. The molecule has 3 heteroatoms. The van der Waals surface area contributed by atoms with Gasteiger partial charge >= 0.3 is 0 Å². The topological polar surface area (TPSA) is 33.2 Å². The highest BCUT2D eigenvalue weighted by atomic mass is 16.2. The summed E-state index contributed by atoms with van der Waals surface area (Å²) in [6.07, 6.45) is 1.36. The SMILES string of the molecule is C=CC(=O)N1Cc2nc(C)cc(C)c2C1. The number of aromatic nitrogens is 1. The Morgan fingerprint density at radius 3 is 2.93 bits per heavy atom. The van der Waals surface area contributed by atoms with Crippen molar-refractivity contribution in [1.29, 1.82) is 0 Å². The Hall–Kier alpha value is -1.64. The van der Waals surface area contributed by atoms with Crippen LogP contribution in [0.4, 0.5) is 0 Å². The molecule has 2 heterocycles. The first kappa shape index (κ1) is 9.90. The van der Waals surface area contributed by atoms with Gasteiger partial charge in [0.05, 0.1) is 12.2 Å². The van der Waals surface area contributed by atoms with Gasteiger partial charge < -0.3 is 4.90 Å². The molecule has 2 rings (SSSR count). The zero-order chi connectivity index (χ0) is 11.0. The van der Waals surface area contributed by atoms with Gasteiger partial charge in [0.2, 0.25) is 5.91 Å². The first-order valence-electron chi connectivity index (χ1n) is 4.99. The maximum absolute atomic E-state index is 11.5. The van der Waals surface area contributed by atoms with Crippen molar-refractivity contribution in [3.05, 3.63) is 41.2 Å². The molecule has 78 valence electrons. The summed E-state index contributed by atoms with van der Waals surface area (Å²) < 4.78 is 0. The zero-order valence-electron chi connectivity index (χ0n) is 9.08. The maximum Gasteiger partial charge on any atom is 0.246 e. The van der Waals surface area contributed by atoms with Gasteiger partial charge in [0, 0.05) is 12.2 Å². The van der Waals surface area contributed by atoms with Crippen molar-refractivity contribution in [3.63, 3.8) is 0 Å². The maximum atomic E-state index is 11.5. The minimum absolute atomic E-state index is 0.0231. The second-order valence-electron chi connectivity index (χ2n) is 3.90. The van der Waals surface area contributed by atoms with Crippen LogP contribution < -0.4 is 0 Å². The van der Waals surface area contributed by atoms with E-state index in [-0.39, 0.29) is 5.91 Å². The second-order valence-corrected chi connectivity index (χ2v) is 3.90. The van der Waals surface area contributed by atoms with Crippen LogP contribution in [0.25, 0.3) is 0 Å². The third kappa shape index (κ3) is 1.65. The van der Waals surface area contributed by atoms with Crippen LogP contribution >= 0.6 is 0 Å². The molecule has 0 aromatic carbocycles. The molecule has 0 bridgehead atoms. The summed E-state index contributed by atoms with van der Waals surface area (Å²) >= 11 is 0. The van der Waals surface area contributed by atoms with Crippen LogP contribution in [-0.2, 0) is 17.9 Å². The van der Waals surface area contributed by atoms with Gasteiger partial charge in [-0.2, -0.15) is 0 Å². The molecule has 0 aliphatic carbocycles. The predicted molar refractivity (Wildman–Crippen MR) is 58.2 cm³/mol. The van der Waals surface area contributed by atoms with Gasteiger partial charge in [-0.1, -0.05) is 6.58 Å². The van der Waals surface area contributed by atoms with Crippen LogP contribution in [0.3, 0.4) is 0 Å². The van der Waals surface area contributed by atoms with E-state index in [9.17, 15) is 4.79 Å². The molecule has 1 aromatic heterocycles. The summed E-state index contributed by atoms with van der Waals surface area (Å²) in [5.41, 5.74) is 4.45. The molecule has 1 aliphatic rings. The molecule has 0 saturated heterocycles. The van der Waals surface area contributed by atoms with E-state index in [2.05, 4.69) is 24.6 Å². The lowest BCUT2D eigenvalue weighted by molar-refractivity contribution is -0.126. The summed E-state index contributed by atoms with van der Waals surface area (Å²) in [5.74, 6) is -0.0231. The summed E-state index contributed by atoms with van der Waals surface area (Å²) in [7, 11) is 0. The molecule has 0 atom stereocenters. The average Bonchev–Trinajstić information content (AvgIpc) is 2.60. The van der Waals surface area contributed by atoms with Crippen molar-refractivity contribution in [1.82, 2.24) is 9.88 Å². The fourth-order valence-corrected chi connectivity index (χ4v) is 2.00. The van der Waals surface area contributed by atoms with Gasteiger partial charge in [-0.3, -0.25) is 9.78 Å². The summed E-state index contributed by atoms with van der Waals surface area (Å²) in [5, 5.41) is 0. The fourth-order valence-electron chi connectivity index (χ4n) is 2.00. The number of aryl methyl sites for hydroxylation is 2. The number of carbonyl (C=O) groups is 1. The molecule has 0 unspecified atom stereocenters.